The van der Waals surface area contributed by atoms with E-state index in [0.717, 1.165) is 6.42 Å². The molecule has 1 aliphatic heterocycles. The molecule has 2 aliphatic rings. The molecule has 1 saturated carbocycles. The zero-order chi connectivity index (χ0) is 9.64. The minimum atomic E-state index is -0.405. The molecule has 3 heteroatoms. The molecule has 0 aromatic rings. The van der Waals surface area contributed by atoms with E-state index in [2.05, 4.69) is 6.92 Å². The van der Waals surface area contributed by atoms with Crippen LogP contribution in [-0.2, 0) is 9.47 Å². The number of fused-ring (bicyclic) bond motifs is 1. The van der Waals surface area contributed by atoms with Gasteiger partial charge in [0.2, 0.25) is 0 Å². The van der Waals surface area contributed by atoms with Crippen molar-refractivity contribution in [1.82, 2.24) is 0 Å². The van der Waals surface area contributed by atoms with Crippen LogP contribution in [0.2, 0.25) is 0 Å². The van der Waals surface area contributed by atoms with Crippen molar-refractivity contribution in [3.8, 4) is 0 Å². The molecule has 1 saturated heterocycles. The van der Waals surface area contributed by atoms with Gasteiger partial charge in [-0.1, -0.05) is 6.92 Å². The van der Waals surface area contributed by atoms with E-state index in [1.165, 1.54) is 0 Å². The van der Waals surface area contributed by atoms with Crippen LogP contribution in [0.5, 0.6) is 0 Å². The van der Waals surface area contributed by atoms with Gasteiger partial charge in [-0.05, 0) is 32.7 Å². The van der Waals surface area contributed by atoms with Crippen LogP contribution in [0.15, 0.2) is 0 Å². The molecule has 0 amide bonds. The summed E-state index contributed by atoms with van der Waals surface area (Å²) in [5.74, 6) is 0.666. The lowest BCUT2D eigenvalue weighted by molar-refractivity contribution is -0.160. The van der Waals surface area contributed by atoms with Gasteiger partial charge >= 0.3 is 0 Å². The molecule has 0 bridgehead atoms. The van der Waals surface area contributed by atoms with Gasteiger partial charge in [0, 0.05) is 5.92 Å². The van der Waals surface area contributed by atoms with Gasteiger partial charge in [0.15, 0.2) is 5.79 Å². The first-order chi connectivity index (χ1) is 6.03. The molecule has 4 atom stereocenters. The summed E-state index contributed by atoms with van der Waals surface area (Å²) in [5.41, 5.74) is 5.71. The summed E-state index contributed by atoms with van der Waals surface area (Å²) in [6.45, 7) is 6.89. The van der Waals surface area contributed by atoms with E-state index in [1.54, 1.807) is 0 Å². The maximum absolute atomic E-state index is 5.84. The molecule has 4 unspecified atom stereocenters. The van der Waals surface area contributed by atoms with Gasteiger partial charge in [-0.15, -0.1) is 0 Å². The maximum atomic E-state index is 5.84. The largest absolute Gasteiger partial charge is 0.344 e. The first kappa shape index (κ1) is 9.44. The molecule has 2 fully saturated rings. The molecule has 76 valence electrons. The van der Waals surface area contributed by atoms with Crippen LogP contribution in [-0.4, -0.2) is 24.5 Å². The summed E-state index contributed by atoms with van der Waals surface area (Å²) in [4.78, 5) is 0. The SMILES string of the molecule is CC1CC(CN)C2OC(C)(C)OC12. The molecule has 0 aromatic heterocycles. The van der Waals surface area contributed by atoms with E-state index in [4.69, 9.17) is 15.2 Å². The van der Waals surface area contributed by atoms with Crippen molar-refractivity contribution < 1.29 is 9.47 Å². The van der Waals surface area contributed by atoms with E-state index in [9.17, 15) is 0 Å². The van der Waals surface area contributed by atoms with Crippen molar-refractivity contribution in [2.45, 2.75) is 45.2 Å². The number of hydrogen-bond acceptors (Lipinski definition) is 3. The lowest BCUT2D eigenvalue weighted by atomic mass is 10.1. The average molecular weight is 185 g/mol. The van der Waals surface area contributed by atoms with Crippen molar-refractivity contribution in [3.05, 3.63) is 0 Å². The highest BCUT2D eigenvalue weighted by Crippen LogP contribution is 2.43. The number of rotatable bonds is 1. The molecule has 1 heterocycles. The van der Waals surface area contributed by atoms with E-state index < -0.39 is 5.79 Å². The van der Waals surface area contributed by atoms with Crippen LogP contribution >= 0.6 is 0 Å². The van der Waals surface area contributed by atoms with Crippen LogP contribution in [0.1, 0.15) is 27.2 Å². The number of hydrogen-bond donors (Lipinski definition) is 1. The number of ether oxygens (including phenoxy) is 2. The monoisotopic (exact) mass is 185 g/mol. The maximum Gasteiger partial charge on any atom is 0.163 e. The smallest absolute Gasteiger partial charge is 0.163 e. The van der Waals surface area contributed by atoms with E-state index in [0.29, 0.717) is 18.4 Å². The lowest BCUT2D eigenvalue weighted by Crippen LogP contribution is -2.29. The third-order valence-corrected chi connectivity index (χ3v) is 3.17. The molecule has 13 heavy (non-hydrogen) atoms. The molecule has 2 N–H and O–H groups in total. The highest BCUT2D eigenvalue weighted by atomic mass is 16.8. The molecule has 2 rings (SSSR count). The Balaban J connectivity index is 2.12. The normalized spacial score (nSPS) is 48.0. The van der Waals surface area contributed by atoms with Crippen LogP contribution in [0.25, 0.3) is 0 Å². The molecule has 0 spiro atoms. The van der Waals surface area contributed by atoms with Gasteiger partial charge in [-0.25, -0.2) is 0 Å². The fourth-order valence-electron chi connectivity index (χ4n) is 2.60. The van der Waals surface area contributed by atoms with Gasteiger partial charge in [0.05, 0.1) is 12.2 Å². The van der Waals surface area contributed by atoms with Crippen LogP contribution in [0.3, 0.4) is 0 Å². The average Bonchev–Trinajstić information content (AvgIpc) is 2.47. The third-order valence-electron chi connectivity index (χ3n) is 3.17. The Hall–Kier alpha value is -0.120. The Labute approximate surface area is 79.6 Å². The Bertz CT molecular complexity index is 205. The van der Waals surface area contributed by atoms with Gasteiger partial charge < -0.3 is 15.2 Å². The van der Waals surface area contributed by atoms with Crippen molar-refractivity contribution in [3.63, 3.8) is 0 Å². The summed E-state index contributed by atoms with van der Waals surface area (Å²) in [5, 5.41) is 0. The third kappa shape index (κ3) is 1.49. The minimum Gasteiger partial charge on any atom is -0.344 e. The van der Waals surface area contributed by atoms with Crippen molar-refractivity contribution in [1.29, 1.82) is 0 Å². The fraction of sp³-hybridized carbons (Fsp3) is 1.00. The van der Waals surface area contributed by atoms with Crippen molar-refractivity contribution in [2.24, 2.45) is 17.6 Å². The predicted octanol–water partition coefficient (Wildman–Crippen LogP) is 1.12. The van der Waals surface area contributed by atoms with Gasteiger partial charge in [-0.3, -0.25) is 0 Å². The van der Waals surface area contributed by atoms with Crippen molar-refractivity contribution >= 4 is 0 Å². The van der Waals surface area contributed by atoms with E-state index in [1.807, 2.05) is 13.8 Å². The summed E-state index contributed by atoms with van der Waals surface area (Å²) in [7, 11) is 0. The topological polar surface area (TPSA) is 44.5 Å². The molecular weight excluding hydrogens is 166 g/mol. The van der Waals surface area contributed by atoms with Gasteiger partial charge in [0.25, 0.3) is 0 Å². The number of nitrogens with two attached hydrogens (primary N) is 1. The van der Waals surface area contributed by atoms with Gasteiger partial charge in [-0.2, -0.15) is 0 Å². The molecule has 3 nitrogen and oxygen atoms in total. The standard InChI is InChI=1S/C10H19NO2/c1-6-4-7(5-11)9-8(6)12-10(2,3)13-9/h6-9H,4-5,11H2,1-3H3. The summed E-state index contributed by atoms with van der Waals surface area (Å²) >= 11 is 0. The summed E-state index contributed by atoms with van der Waals surface area (Å²) in [6, 6.07) is 0. The first-order valence-electron chi connectivity index (χ1n) is 5.09. The summed E-state index contributed by atoms with van der Waals surface area (Å²) in [6.07, 6.45) is 1.64. The zero-order valence-electron chi connectivity index (χ0n) is 8.62. The van der Waals surface area contributed by atoms with Gasteiger partial charge in [0.1, 0.15) is 0 Å². The lowest BCUT2D eigenvalue weighted by Gasteiger charge is -2.21. The minimum absolute atomic E-state index is 0.231. The molecule has 1 aliphatic carbocycles. The Morgan fingerprint density at radius 3 is 2.54 bits per heavy atom. The Kier molecular flexibility index (Phi) is 2.13. The highest BCUT2D eigenvalue weighted by molar-refractivity contribution is 4.96. The van der Waals surface area contributed by atoms with Crippen molar-refractivity contribution in [2.75, 3.05) is 6.54 Å². The van der Waals surface area contributed by atoms with Crippen LogP contribution in [0, 0.1) is 11.8 Å². The quantitative estimate of drug-likeness (QED) is 0.666. The zero-order valence-corrected chi connectivity index (χ0v) is 8.62. The van der Waals surface area contributed by atoms with E-state index >= 15 is 0 Å². The molecule has 0 radical (unpaired) electrons. The second-order valence-corrected chi connectivity index (χ2v) is 4.77. The highest BCUT2D eigenvalue weighted by Gasteiger charge is 2.51. The van der Waals surface area contributed by atoms with Crippen LogP contribution in [0.4, 0.5) is 0 Å². The Morgan fingerprint density at radius 1 is 1.31 bits per heavy atom. The predicted molar refractivity (Wildman–Crippen MR) is 50.2 cm³/mol. The molecule has 0 aromatic carbocycles. The van der Waals surface area contributed by atoms with Crippen LogP contribution < -0.4 is 5.73 Å². The second-order valence-electron chi connectivity index (χ2n) is 4.77. The fourth-order valence-corrected chi connectivity index (χ4v) is 2.60. The molecular formula is C10H19NO2. The first-order valence-corrected chi connectivity index (χ1v) is 5.09. The summed E-state index contributed by atoms with van der Waals surface area (Å²) < 4.78 is 11.7. The van der Waals surface area contributed by atoms with E-state index in [-0.39, 0.29) is 12.2 Å². The second kappa shape index (κ2) is 2.94. The Morgan fingerprint density at radius 2 is 1.92 bits per heavy atom.